The van der Waals surface area contributed by atoms with Gasteiger partial charge in [-0.05, 0) is 36.1 Å². The average Bonchev–Trinajstić information content (AvgIpc) is 2.94. The van der Waals surface area contributed by atoms with Crippen molar-refractivity contribution in [3.05, 3.63) is 35.4 Å². The summed E-state index contributed by atoms with van der Waals surface area (Å²) in [5.74, 6) is 1.32. The van der Waals surface area contributed by atoms with Crippen LogP contribution < -0.4 is 5.32 Å². The summed E-state index contributed by atoms with van der Waals surface area (Å²) in [4.78, 5) is 12.4. The predicted octanol–water partition coefficient (Wildman–Crippen LogP) is 4.59. The van der Waals surface area contributed by atoms with Crippen molar-refractivity contribution in [3.8, 4) is 0 Å². The highest BCUT2D eigenvalue weighted by atomic mass is 32.2. The first kappa shape index (κ1) is 17.9. The Hall–Kier alpha value is -1.40. The number of hydrogen-bond acceptors (Lipinski definition) is 5. The first-order valence-electron chi connectivity index (χ1n) is 7.85. The van der Waals surface area contributed by atoms with Crippen LogP contribution in [0.1, 0.15) is 44.7 Å². The largest absolute Gasteiger partial charge is 0.300 e. The fourth-order valence-electron chi connectivity index (χ4n) is 2.22. The second kappa shape index (κ2) is 8.45. The number of amides is 1. The van der Waals surface area contributed by atoms with E-state index in [1.165, 1.54) is 16.9 Å². The Labute approximate surface area is 146 Å². The summed E-state index contributed by atoms with van der Waals surface area (Å²) in [7, 11) is 0. The zero-order chi connectivity index (χ0) is 16.8. The molecule has 124 valence electrons. The summed E-state index contributed by atoms with van der Waals surface area (Å²) in [6.45, 7) is 8.39. The Morgan fingerprint density at radius 3 is 2.52 bits per heavy atom. The van der Waals surface area contributed by atoms with Crippen LogP contribution in [0.15, 0.2) is 28.6 Å². The highest BCUT2D eigenvalue weighted by Gasteiger charge is 2.17. The molecule has 1 aromatic heterocycles. The second-order valence-electron chi connectivity index (χ2n) is 5.86. The average molecular weight is 350 g/mol. The van der Waals surface area contributed by atoms with E-state index in [0.29, 0.717) is 11.0 Å². The van der Waals surface area contributed by atoms with Crippen LogP contribution in [0.25, 0.3) is 0 Å². The molecule has 2 aromatic rings. The molecule has 23 heavy (non-hydrogen) atoms. The Kier molecular flexibility index (Phi) is 6.59. The summed E-state index contributed by atoms with van der Waals surface area (Å²) in [5, 5.41) is 11.5. The quantitative estimate of drug-likeness (QED) is 0.587. The van der Waals surface area contributed by atoms with E-state index < -0.39 is 0 Å². The fourth-order valence-corrected chi connectivity index (χ4v) is 3.87. The summed E-state index contributed by atoms with van der Waals surface area (Å²) >= 11 is 3.04. The predicted molar refractivity (Wildman–Crippen MR) is 98.3 cm³/mol. The lowest BCUT2D eigenvalue weighted by Gasteiger charge is -2.12. The van der Waals surface area contributed by atoms with Crippen molar-refractivity contribution in [2.45, 2.75) is 44.4 Å². The van der Waals surface area contributed by atoms with Crippen LogP contribution >= 0.6 is 23.1 Å². The molecule has 1 aromatic carbocycles. The zero-order valence-electron chi connectivity index (χ0n) is 14.0. The van der Waals surface area contributed by atoms with Crippen LogP contribution in [0, 0.1) is 5.92 Å². The summed E-state index contributed by atoms with van der Waals surface area (Å²) in [6.07, 6.45) is 1.06. The molecule has 6 heteroatoms. The monoisotopic (exact) mass is 349 g/mol. The summed E-state index contributed by atoms with van der Waals surface area (Å²) < 4.78 is 0.883. The molecule has 0 saturated heterocycles. The van der Waals surface area contributed by atoms with Crippen molar-refractivity contribution in [1.82, 2.24) is 10.2 Å². The van der Waals surface area contributed by atoms with Gasteiger partial charge in [-0.3, -0.25) is 10.1 Å². The Morgan fingerprint density at radius 1 is 1.22 bits per heavy atom. The maximum atomic E-state index is 12.4. The summed E-state index contributed by atoms with van der Waals surface area (Å²) in [5.41, 5.74) is 2.32. The van der Waals surface area contributed by atoms with Gasteiger partial charge < -0.3 is 0 Å². The molecule has 1 unspecified atom stereocenters. The molecule has 0 aliphatic carbocycles. The van der Waals surface area contributed by atoms with Crippen molar-refractivity contribution in [2.75, 3.05) is 11.1 Å². The number of thioether (sulfide) groups is 1. The van der Waals surface area contributed by atoms with Crippen LogP contribution in [0.2, 0.25) is 0 Å². The molecule has 1 heterocycles. The maximum Gasteiger partial charge on any atom is 0.233 e. The number of nitrogens with zero attached hydrogens (tertiary/aromatic N) is 2. The Morgan fingerprint density at radius 2 is 1.91 bits per heavy atom. The third kappa shape index (κ3) is 5.32. The molecule has 0 aliphatic heterocycles. The number of carbonyl (C=O) groups is 1. The zero-order valence-corrected chi connectivity index (χ0v) is 15.6. The van der Waals surface area contributed by atoms with Crippen molar-refractivity contribution < 1.29 is 4.79 Å². The fraction of sp³-hybridized carbons (Fsp3) is 0.471. The third-order valence-electron chi connectivity index (χ3n) is 3.42. The van der Waals surface area contributed by atoms with Crippen LogP contribution in [0.3, 0.4) is 0 Å². The molecule has 0 spiro atoms. The number of benzene rings is 1. The van der Waals surface area contributed by atoms with E-state index in [1.54, 1.807) is 11.8 Å². The van der Waals surface area contributed by atoms with Crippen LogP contribution in [0.5, 0.6) is 0 Å². The SMILES string of the molecule is CCSc1nnc(NC(=O)C(C)c2ccc(CC(C)C)cc2)s1. The van der Waals surface area contributed by atoms with E-state index in [1.807, 2.05) is 19.1 Å². The van der Waals surface area contributed by atoms with Gasteiger partial charge in [-0.15, -0.1) is 10.2 Å². The van der Waals surface area contributed by atoms with E-state index >= 15 is 0 Å². The minimum atomic E-state index is -0.214. The van der Waals surface area contributed by atoms with E-state index in [0.717, 1.165) is 22.1 Å². The van der Waals surface area contributed by atoms with Gasteiger partial charge in [-0.1, -0.05) is 68.1 Å². The van der Waals surface area contributed by atoms with E-state index in [2.05, 4.69) is 48.4 Å². The van der Waals surface area contributed by atoms with E-state index in [-0.39, 0.29) is 11.8 Å². The number of hydrogen-bond donors (Lipinski definition) is 1. The van der Waals surface area contributed by atoms with Crippen LogP contribution in [-0.4, -0.2) is 21.9 Å². The molecule has 0 bridgehead atoms. The molecular weight excluding hydrogens is 326 g/mol. The smallest absolute Gasteiger partial charge is 0.233 e. The molecule has 0 aliphatic rings. The molecule has 1 atom stereocenters. The van der Waals surface area contributed by atoms with Gasteiger partial charge in [0.15, 0.2) is 4.34 Å². The Bertz CT molecular complexity index is 638. The van der Waals surface area contributed by atoms with Gasteiger partial charge in [-0.2, -0.15) is 0 Å². The first-order valence-corrected chi connectivity index (χ1v) is 9.65. The number of carbonyl (C=O) groups excluding carboxylic acids is 1. The van der Waals surface area contributed by atoms with Gasteiger partial charge in [-0.25, -0.2) is 0 Å². The van der Waals surface area contributed by atoms with Crippen LogP contribution in [-0.2, 0) is 11.2 Å². The lowest BCUT2D eigenvalue weighted by molar-refractivity contribution is -0.117. The van der Waals surface area contributed by atoms with Crippen LogP contribution in [0.4, 0.5) is 5.13 Å². The first-order chi connectivity index (χ1) is 11.0. The topological polar surface area (TPSA) is 54.9 Å². The summed E-state index contributed by atoms with van der Waals surface area (Å²) in [6, 6.07) is 8.31. The number of aromatic nitrogens is 2. The molecule has 0 fully saturated rings. The van der Waals surface area contributed by atoms with Gasteiger partial charge in [0.25, 0.3) is 0 Å². The van der Waals surface area contributed by atoms with Crippen molar-refractivity contribution in [1.29, 1.82) is 0 Å². The minimum Gasteiger partial charge on any atom is -0.300 e. The molecule has 0 radical (unpaired) electrons. The second-order valence-corrected chi connectivity index (χ2v) is 8.35. The molecule has 1 N–H and O–H groups in total. The highest BCUT2D eigenvalue weighted by Crippen LogP contribution is 2.26. The van der Waals surface area contributed by atoms with Crippen molar-refractivity contribution in [3.63, 3.8) is 0 Å². The molecule has 1 amide bonds. The highest BCUT2D eigenvalue weighted by molar-refractivity contribution is 8.01. The Balaban J connectivity index is 1.98. The van der Waals surface area contributed by atoms with Gasteiger partial charge in [0.05, 0.1) is 5.92 Å². The third-order valence-corrected chi connectivity index (χ3v) is 5.28. The molecule has 0 saturated carbocycles. The normalized spacial score (nSPS) is 12.4. The maximum absolute atomic E-state index is 12.4. The molecule has 2 rings (SSSR count). The molecule has 4 nitrogen and oxygen atoms in total. The standard InChI is InChI=1S/C17H23N3OS2/c1-5-22-17-20-19-16(23-17)18-15(21)12(4)14-8-6-13(7-9-14)10-11(2)3/h6-9,11-12H,5,10H2,1-4H3,(H,18,19,21). The number of nitrogens with one attached hydrogen (secondary N) is 1. The van der Waals surface area contributed by atoms with Gasteiger partial charge >= 0.3 is 0 Å². The van der Waals surface area contributed by atoms with Gasteiger partial charge in [0.1, 0.15) is 0 Å². The minimum absolute atomic E-state index is 0.0502. The number of anilines is 1. The lowest BCUT2D eigenvalue weighted by atomic mass is 9.96. The lowest BCUT2D eigenvalue weighted by Crippen LogP contribution is -2.18. The van der Waals surface area contributed by atoms with Crippen molar-refractivity contribution in [2.24, 2.45) is 5.92 Å². The van der Waals surface area contributed by atoms with Crippen molar-refractivity contribution >= 4 is 34.1 Å². The molecular formula is C17H23N3OS2. The van der Waals surface area contributed by atoms with Gasteiger partial charge in [0, 0.05) is 0 Å². The van der Waals surface area contributed by atoms with E-state index in [4.69, 9.17) is 0 Å². The van der Waals surface area contributed by atoms with E-state index in [9.17, 15) is 4.79 Å². The number of rotatable bonds is 7. The van der Waals surface area contributed by atoms with Gasteiger partial charge in [0.2, 0.25) is 11.0 Å².